The van der Waals surface area contributed by atoms with Crippen LogP contribution in [0.1, 0.15) is 19.1 Å². The summed E-state index contributed by atoms with van der Waals surface area (Å²) in [6.45, 7) is -0.321. The van der Waals surface area contributed by atoms with Crippen molar-refractivity contribution < 1.29 is 50.0 Å². The van der Waals surface area contributed by atoms with Gasteiger partial charge in [-0.05, 0) is 12.8 Å². The van der Waals surface area contributed by atoms with Gasteiger partial charge in [0.1, 0.15) is 11.7 Å². The van der Waals surface area contributed by atoms with Gasteiger partial charge in [0.25, 0.3) is 0 Å². The van der Waals surface area contributed by atoms with Crippen LogP contribution in [-0.4, -0.2) is 58.5 Å². The number of rotatable bonds is 11. The van der Waals surface area contributed by atoms with Gasteiger partial charge in [0.05, 0.1) is 19.0 Å². The van der Waals surface area contributed by atoms with Gasteiger partial charge in [-0.2, -0.15) is 18.6 Å². The first kappa shape index (κ1) is 26.1. The van der Waals surface area contributed by atoms with E-state index in [4.69, 9.17) is 25.0 Å². The monoisotopic (exact) mass is 532 g/mol. The maximum Gasteiger partial charge on any atom is 0.492 e. The van der Waals surface area contributed by atoms with E-state index in [1.807, 2.05) is 0 Å². The molecular weight excluding hydrogens is 509 g/mol. The van der Waals surface area contributed by atoms with Gasteiger partial charge in [-0.25, -0.2) is 18.7 Å². The highest BCUT2D eigenvalue weighted by Crippen LogP contribution is 2.71. The molecule has 0 bridgehead atoms. The van der Waals surface area contributed by atoms with Gasteiger partial charge < -0.3 is 21.1 Å². The summed E-state index contributed by atoms with van der Waals surface area (Å²) in [7, 11) is -11.7. The molecule has 0 amide bonds. The zero-order valence-corrected chi connectivity index (χ0v) is 20.4. The third-order valence-corrected chi connectivity index (χ3v) is 9.41. The minimum Gasteiger partial charge on any atom is -0.382 e. The fourth-order valence-electron chi connectivity index (χ4n) is 2.83. The molecule has 3 heterocycles. The number of nitrogen functional groups attached to an aromatic ring is 2. The van der Waals surface area contributed by atoms with Crippen LogP contribution in [0.5, 0.6) is 0 Å². The van der Waals surface area contributed by atoms with Crippen LogP contribution >= 0.6 is 23.5 Å². The van der Waals surface area contributed by atoms with Crippen molar-refractivity contribution in [3.8, 4) is 0 Å². The van der Waals surface area contributed by atoms with E-state index in [1.54, 1.807) is 4.57 Å². The normalized spacial score (nSPS) is 24.4. The molecule has 5 atom stereocenters. The Morgan fingerprint density at radius 2 is 1.79 bits per heavy atom. The number of hydrogen-bond donors (Lipinski definition) is 3. The highest BCUT2D eigenvalue weighted by Gasteiger charge is 2.45. The number of nitrogens with two attached hydrogens (primary N) is 2. The fraction of sp³-hybridized carbons (Fsp3) is 0.615. The average molecular weight is 532 g/mol. The molecule has 2 aromatic rings. The Kier molecular flexibility index (Phi) is 7.93. The zero-order chi connectivity index (χ0) is 24.4. The Balaban J connectivity index is 1.65. The molecule has 5 N–H and O–H groups in total. The Hall–Kier alpha value is -1.48. The standard InChI is InChI=1S/C13H23N6O11P3/c1-24-31(20,21)29-33(23,26-3)30-32(22,25-2)27-6-8-4-5-9(28-8)19-7-16-10-11(14)17-13(15)18-12(10)19/h7-9H,4-6H2,1-3H3,(H,20,21)(H4,14,15,17,18). The molecule has 0 aliphatic carbocycles. The third kappa shape index (κ3) is 6.15. The number of phosphoric acid groups is 3. The Bertz CT molecular complexity index is 1140. The molecular formula is C13H23N6O11P3. The highest BCUT2D eigenvalue weighted by atomic mass is 31.3. The average Bonchev–Trinajstić information content (AvgIpc) is 3.39. The van der Waals surface area contributed by atoms with Crippen molar-refractivity contribution in [3.05, 3.63) is 6.33 Å². The summed E-state index contributed by atoms with van der Waals surface area (Å²) in [5.74, 6) is 0.0986. The first-order chi connectivity index (χ1) is 15.4. The van der Waals surface area contributed by atoms with Gasteiger partial charge in [0.15, 0.2) is 11.5 Å². The Morgan fingerprint density at radius 1 is 1.09 bits per heavy atom. The van der Waals surface area contributed by atoms with E-state index < -0.39 is 35.8 Å². The number of fused-ring (bicyclic) bond motifs is 1. The molecule has 0 spiro atoms. The molecule has 1 aliphatic heterocycles. The fourth-order valence-corrected chi connectivity index (χ4v) is 6.92. The second-order valence-electron chi connectivity index (χ2n) is 6.45. The van der Waals surface area contributed by atoms with Gasteiger partial charge >= 0.3 is 23.5 Å². The molecule has 3 rings (SSSR count). The van der Waals surface area contributed by atoms with Crippen LogP contribution in [0.25, 0.3) is 11.2 Å². The molecule has 2 aromatic heterocycles. The van der Waals surface area contributed by atoms with Gasteiger partial charge in [0.2, 0.25) is 5.95 Å². The van der Waals surface area contributed by atoms with E-state index in [0.717, 1.165) is 21.3 Å². The molecule has 0 saturated carbocycles. The maximum absolute atomic E-state index is 12.7. The van der Waals surface area contributed by atoms with E-state index in [1.165, 1.54) is 6.33 Å². The van der Waals surface area contributed by atoms with E-state index in [-0.39, 0.29) is 18.4 Å². The van der Waals surface area contributed by atoms with E-state index in [9.17, 15) is 18.6 Å². The number of aromatic nitrogens is 4. The second-order valence-corrected chi connectivity index (χ2v) is 11.8. The summed E-state index contributed by atoms with van der Waals surface area (Å²) >= 11 is 0. The number of nitrogens with zero attached hydrogens (tertiary/aromatic N) is 4. The lowest BCUT2D eigenvalue weighted by molar-refractivity contribution is -0.0214. The molecule has 1 aliphatic rings. The number of phosphoric ester groups is 2. The third-order valence-electron chi connectivity index (χ3n) is 4.36. The van der Waals surface area contributed by atoms with E-state index in [0.29, 0.717) is 24.0 Å². The van der Waals surface area contributed by atoms with Crippen molar-refractivity contribution in [2.45, 2.75) is 25.2 Å². The summed E-state index contributed by atoms with van der Waals surface area (Å²) < 4.78 is 71.6. The van der Waals surface area contributed by atoms with Crippen LogP contribution < -0.4 is 11.5 Å². The molecule has 17 nitrogen and oxygen atoms in total. The number of anilines is 2. The molecule has 20 heteroatoms. The van der Waals surface area contributed by atoms with Gasteiger partial charge in [-0.3, -0.25) is 22.7 Å². The van der Waals surface area contributed by atoms with E-state index in [2.05, 4.69) is 32.8 Å². The minimum atomic E-state index is -4.87. The summed E-state index contributed by atoms with van der Waals surface area (Å²) in [5, 5.41) is 0. The minimum absolute atomic E-state index is 0.0245. The quantitative estimate of drug-likeness (QED) is 0.351. The lowest BCUT2D eigenvalue weighted by atomic mass is 10.2. The van der Waals surface area contributed by atoms with Crippen LogP contribution in [0.15, 0.2) is 6.33 Å². The van der Waals surface area contributed by atoms with Gasteiger partial charge in [0, 0.05) is 21.3 Å². The lowest BCUT2D eigenvalue weighted by Gasteiger charge is -2.22. The first-order valence-electron chi connectivity index (χ1n) is 9.11. The van der Waals surface area contributed by atoms with Crippen molar-refractivity contribution in [3.63, 3.8) is 0 Å². The van der Waals surface area contributed by atoms with Crippen molar-refractivity contribution in [2.75, 3.05) is 39.4 Å². The largest absolute Gasteiger partial charge is 0.492 e. The topological polar surface area (TPSA) is 232 Å². The highest BCUT2D eigenvalue weighted by molar-refractivity contribution is 7.67. The SMILES string of the molecule is COP(=O)(O)OP(=O)(OC)OP(=O)(OC)OCC1CCC(n2cnc3c(N)nc(N)nc32)O1. The summed E-state index contributed by atoms with van der Waals surface area (Å²) in [6, 6.07) is 0. The van der Waals surface area contributed by atoms with Crippen molar-refractivity contribution in [2.24, 2.45) is 0 Å². The van der Waals surface area contributed by atoms with Crippen LogP contribution in [0.4, 0.5) is 11.8 Å². The molecule has 186 valence electrons. The summed E-state index contributed by atoms with van der Waals surface area (Å²) in [5.41, 5.74) is 12.2. The predicted molar refractivity (Wildman–Crippen MR) is 111 cm³/mol. The Morgan fingerprint density at radius 3 is 2.42 bits per heavy atom. The predicted octanol–water partition coefficient (Wildman–Crippen LogP) is 1.97. The van der Waals surface area contributed by atoms with Crippen LogP contribution in [-0.2, 0) is 45.1 Å². The molecule has 0 aromatic carbocycles. The first-order valence-corrected chi connectivity index (χ1v) is 13.5. The van der Waals surface area contributed by atoms with E-state index >= 15 is 0 Å². The van der Waals surface area contributed by atoms with Crippen LogP contribution in [0.2, 0.25) is 0 Å². The summed E-state index contributed by atoms with van der Waals surface area (Å²) in [4.78, 5) is 21.5. The number of ether oxygens (including phenoxy) is 1. The zero-order valence-electron chi connectivity index (χ0n) is 17.7. The van der Waals surface area contributed by atoms with Crippen LogP contribution in [0.3, 0.4) is 0 Å². The molecule has 33 heavy (non-hydrogen) atoms. The lowest BCUT2D eigenvalue weighted by Crippen LogP contribution is -2.17. The smallest absolute Gasteiger partial charge is 0.382 e. The van der Waals surface area contributed by atoms with Crippen molar-refractivity contribution in [1.29, 1.82) is 0 Å². The van der Waals surface area contributed by atoms with Crippen LogP contribution in [0, 0.1) is 0 Å². The maximum atomic E-state index is 12.7. The second kappa shape index (κ2) is 10.0. The van der Waals surface area contributed by atoms with Gasteiger partial charge in [-0.15, -0.1) is 0 Å². The Labute approximate surface area is 187 Å². The molecule has 5 unspecified atom stereocenters. The number of imidazole rings is 1. The number of hydrogen-bond acceptors (Lipinski definition) is 15. The molecule has 1 fully saturated rings. The molecule has 0 radical (unpaired) electrons. The summed E-state index contributed by atoms with van der Waals surface area (Å²) in [6.07, 6.45) is 1.32. The van der Waals surface area contributed by atoms with Gasteiger partial charge in [-0.1, -0.05) is 0 Å². The van der Waals surface area contributed by atoms with Crippen molar-refractivity contribution >= 4 is 46.4 Å². The molecule has 1 saturated heterocycles. The van der Waals surface area contributed by atoms with Crippen molar-refractivity contribution in [1.82, 2.24) is 19.5 Å².